The van der Waals surface area contributed by atoms with E-state index in [4.69, 9.17) is 14.6 Å². The van der Waals surface area contributed by atoms with Gasteiger partial charge in [-0.15, -0.1) is 0 Å². The molecule has 0 fully saturated rings. The van der Waals surface area contributed by atoms with E-state index < -0.39 is 27.8 Å². The molecule has 0 spiro atoms. The minimum absolute atomic E-state index is 0.243. The van der Waals surface area contributed by atoms with Gasteiger partial charge in [-0.1, -0.05) is 30.4 Å². The number of aliphatic carboxylic acids is 1. The number of rotatable bonds is 8. The van der Waals surface area contributed by atoms with Crippen molar-refractivity contribution < 1.29 is 28.4 Å². The first-order valence-corrected chi connectivity index (χ1v) is 11.0. The second-order valence-corrected chi connectivity index (χ2v) is 8.43. The maximum atomic E-state index is 13.1. The van der Waals surface area contributed by atoms with Crippen LogP contribution in [0.1, 0.15) is 24.5 Å². The second-order valence-electron chi connectivity index (χ2n) is 7.02. The molecule has 2 unspecified atom stereocenters. The van der Waals surface area contributed by atoms with Crippen LogP contribution < -0.4 is 9.47 Å². The molecule has 0 amide bonds. The van der Waals surface area contributed by atoms with Gasteiger partial charge < -0.3 is 14.6 Å². The molecule has 0 aromatic heterocycles. The van der Waals surface area contributed by atoms with E-state index in [1.165, 1.54) is 12.1 Å². The fraction of sp³-hybridized carbons (Fsp3) is 0.250. The topological polar surface area (TPSA) is 89.9 Å². The number of hydrogen-bond donors (Lipinski definition) is 1. The van der Waals surface area contributed by atoms with E-state index in [0.717, 1.165) is 16.9 Å². The van der Waals surface area contributed by atoms with Crippen LogP contribution in [0.25, 0.3) is 5.57 Å². The van der Waals surface area contributed by atoms with Gasteiger partial charge in [0.25, 0.3) is 0 Å². The van der Waals surface area contributed by atoms with Crippen LogP contribution in [0.2, 0.25) is 0 Å². The van der Waals surface area contributed by atoms with Crippen LogP contribution in [-0.2, 0) is 26.8 Å². The van der Waals surface area contributed by atoms with Gasteiger partial charge in [0.05, 0.1) is 31.0 Å². The fourth-order valence-electron chi connectivity index (χ4n) is 3.38. The molecular weight excluding hydrogens is 416 g/mol. The molecule has 0 saturated heterocycles. The van der Waals surface area contributed by atoms with Gasteiger partial charge in [-0.25, -0.2) is 4.21 Å². The number of carbonyl (C=O) groups excluding carboxylic acids is 1. The summed E-state index contributed by atoms with van der Waals surface area (Å²) < 4.78 is 23.7. The quantitative estimate of drug-likeness (QED) is 0.667. The smallest absolute Gasteiger partial charge is 0.307 e. The van der Waals surface area contributed by atoms with Crippen LogP contribution in [-0.4, -0.2) is 34.1 Å². The predicted octanol–water partition coefficient (Wildman–Crippen LogP) is 4.01. The number of benzene rings is 2. The SMILES string of the molecule is CCOc1cc(CC(=O)O)cc(S(=O)C(=O)C2C=CC=C(c3ccc(OC)cc3)C2)c1. The monoisotopic (exact) mass is 440 g/mol. The van der Waals surface area contributed by atoms with Crippen LogP contribution in [0.4, 0.5) is 0 Å². The third-order valence-corrected chi connectivity index (χ3v) is 6.18. The van der Waals surface area contributed by atoms with Crippen molar-refractivity contribution in [2.75, 3.05) is 13.7 Å². The summed E-state index contributed by atoms with van der Waals surface area (Å²) in [4.78, 5) is 24.4. The van der Waals surface area contributed by atoms with Crippen molar-refractivity contribution in [3.8, 4) is 11.5 Å². The largest absolute Gasteiger partial charge is 0.497 e. The third-order valence-electron chi connectivity index (χ3n) is 4.85. The zero-order chi connectivity index (χ0) is 22.4. The van der Waals surface area contributed by atoms with E-state index in [2.05, 4.69) is 0 Å². The molecule has 162 valence electrons. The predicted molar refractivity (Wildman–Crippen MR) is 119 cm³/mol. The molecule has 7 heteroatoms. The first-order chi connectivity index (χ1) is 14.9. The van der Waals surface area contributed by atoms with Gasteiger partial charge in [0.1, 0.15) is 22.3 Å². The van der Waals surface area contributed by atoms with Crippen molar-refractivity contribution in [2.24, 2.45) is 5.92 Å². The lowest BCUT2D eigenvalue weighted by Gasteiger charge is -2.18. The first kappa shape index (κ1) is 22.5. The summed E-state index contributed by atoms with van der Waals surface area (Å²) in [6, 6.07) is 12.2. The standard InChI is InChI=1S/C24H24O6S/c1-3-30-21-11-16(13-23(25)26)12-22(15-21)31(28)24(27)19-6-4-5-18(14-19)17-7-9-20(29-2)10-8-17/h4-12,15,19H,3,13-14H2,1-2H3,(H,25,26). The molecule has 1 aliphatic carbocycles. The molecule has 0 radical (unpaired) electrons. The first-order valence-electron chi connectivity index (χ1n) is 9.87. The van der Waals surface area contributed by atoms with Crippen LogP contribution in [0.5, 0.6) is 11.5 Å². The molecule has 1 N–H and O–H groups in total. The van der Waals surface area contributed by atoms with Crippen molar-refractivity contribution >= 4 is 27.5 Å². The van der Waals surface area contributed by atoms with Crippen molar-refractivity contribution in [1.29, 1.82) is 0 Å². The average Bonchev–Trinajstić information content (AvgIpc) is 2.78. The minimum Gasteiger partial charge on any atom is -0.497 e. The molecule has 3 rings (SSSR count). The van der Waals surface area contributed by atoms with Crippen molar-refractivity contribution in [2.45, 2.75) is 24.7 Å². The van der Waals surface area contributed by atoms with E-state index in [0.29, 0.717) is 24.3 Å². The van der Waals surface area contributed by atoms with Gasteiger partial charge in [0, 0.05) is 0 Å². The van der Waals surface area contributed by atoms with Gasteiger partial charge in [-0.05, 0) is 60.4 Å². The fourth-order valence-corrected chi connectivity index (χ4v) is 4.53. The summed E-state index contributed by atoms with van der Waals surface area (Å²) in [5.41, 5.74) is 2.37. The number of carboxylic acids is 1. The Morgan fingerprint density at radius 1 is 1.13 bits per heavy atom. The molecule has 0 heterocycles. The van der Waals surface area contributed by atoms with Gasteiger partial charge in [0.15, 0.2) is 0 Å². The second kappa shape index (κ2) is 10.2. The van der Waals surface area contributed by atoms with E-state index in [1.54, 1.807) is 32.3 Å². The minimum atomic E-state index is -1.95. The number of allylic oxidation sites excluding steroid dienone is 4. The van der Waals surface area contributed by atoms with Crippen LogP contribution in [0.3, 0.4) is 0 Å². The molecule has 2 aromatic carbocycles. The highest BCUT2D eigenvalue weighted by molar-refractivity contribution is 8.00. The molecule has 0 saturated carbocycles. The van der Waals surface area contributed by atoms with Crippen LogP contribution in [0, 0.1) is 5.92 Å². The van der Waals surface area contributed by atoms with Gasteiger partial charge in [0.2, 0.25) is 5.12 Å². The lowest BCUT2D eigenvalue weighted by molar-refractivity contribution is -0.136. The van der Waals surface area contributed by atoms with E-state index >= 15 is 0 Å². The van der Waals surface area contributed by atoms with Gasteiger partial charge >= 0.3 is 5.97 Å². The molecular formula is C24H24O6S. The highest BCUT2D eigenvalue weighted by atomic mass is 32.2. The Morgan fingerprint density at radius 3 is 2.52 bits per heavy atom. The maximum Gasteiger partial charge on any atom is 0.307 e. The van der Waals surface area contributed by atoms with Crippen molar-refractivity contribution in [1.82, 2.24) is 0 Å². The number of hydrogen-bond acceptors (Lipinski definition) is 5. The summed E-state index contributed by atoms with van der Waals surface area (Å²) in [6.45, 7) is 2.17. The Morgan fingerprint density at radius 2 is 1.87 bits per heavy atom. The Labute approximate surface area is 183 Å². The molecule has 31 heavy (non-hydrogen) atoms. The summed E-state index contributed by atoms with van der Waals surface area (Å²) in [5.74, 6) is -0.408. The summed E-state index contributed by atoms with van der Waals surface area (Å²) in [7, 11) is -0.350. The van der Waals surface area contributed by atoms with Gasteiger partial charge in [-0.3, -0.25) is 9.59 Å². The lowest BCUT2D eigenvalue weighted by Crippen LogP contribution is -2.20. The molecule has 6 nitrogen and oxygen atoms in total. The molecule has 2 aromatic rings. The number of carbonyl (C=O) groups is 2. The average molecular weight is 441 g/mol. The summed E-state index contributed by atoms with van der Waals surface area (Å²) in [6.07, 6.45) is 5.68. The Bertz CT molecular complexity index is 1050. The van der Waals surface area contributed by atoms with E-state index in [9.17, 15) is 13.8 Å². The summed E-state index contributed by atoms with van der Waals surface area (Å²) >= 11 is 0. The van der Waals surface area contributed by atoms with Gasteiger partial charge in [-0.2, -0.15) is 0 Å². The van der Waals surface area contributed by atoms with Crippen molar-refractivity contribution in [3.05, 3.63) is 71.8 Å². The van der Waals surface area contributed by atoms with E-state index in [-0.39, 0.29) is 11.3 Å². The zero-order valence-electron chi connectivity index (χ0n) is 17.4. The lowest BCUT2D eigenvalue weighted by atomic mass is 9.91. The van der Waals surface area contributed by atoms with Crippen LogP contribution >= 0.6 is 0 Å². The Hall–Kier alpha value is -3.19. The zero-order valence-corrected chi connectivity index (χ0v) is 18.2. The number of ether oxygens (including phenoxy) is 2. The van der Waals surface area contributed by atoms with Crippen molar-refractivity contribution in [3.63, 3.8) is 0 Å². The number of carboxylic acid groups (broad SMARTS) is 1. The van der Waals surface area contributed by atoms with Crippen LogP contribution in [0.15, 0.2) is 65.6 Å². The molecule has 2 atom stereocenters. The Balaban J connectivity index is 1.80. The number of methoxy groups -OCH3 is 1. The third kappa shape index (κ3) is 5.70. The highest BCUT2D eigenvalue weighted by Crippen LogP contribution is 2.31. The molecule has 1 aliphatic rings. The highest BCUT2D eigenvalue weighted by Gasteiger charge is 2.26. The Kier molecular flexibility index (Phi) is 7.41. The van der Waals surface area contributed by atoms with E-state index in [1.807, 2.05) is 30.3 Å². The summed E-state index contributed by atoms with van der Waals surface area (Å²) in [5, 5.41) is 8.67. The normalized spacial score (nSPS) is 16.3. The molecule has 0 bridgehead atoms. The maximum absolute atomic E-state index is 13.1. The molecule has 0 aliphatic heterocycles.